The van der Waals surface area contributed by atoms with Crippen LogP contribution in [0.15, 0.2) is 12.4 Å². The molecule has 8 nitrogen and oxygen atoms in total. The van der Waals surface area contributed by atoms with Crippen LogP contribution in [0.3, 0.4) is 0 Å². The van der Waals surface area contributed by atoms with Crippen molar-refractivity contribution in [2.75, 3.05) is 26.3 Å². The van der Waals surface area contributed by atoms with Crippen LogP contribution in [0.4, 0.5) is 4.79 Å². The maximum Gasteiger partial charge on any atom is 0.410 e. The van der Waals surface area contributed by atoms with Crippen molar-refractivity contribution in [2.24, 2.45) is 0 Å². The molecule has 0 radical (unpaired) electrons. The Labute approximate surface area is 134 Å². The number of hydrogen-bond donors (Lipinski definition) is 0. The van der Waals surface area contributed by atoms with Gasteiger partial charge in [0, 0.05) is 38.2 Å². The SMILES string of the molecule is N#Cc1nccnc1OC1CCN(C(=O)OC2CCOCC2)C1. The highest BCUT2D eigenvalue weighted by Gasteiger charge is 2.31. The number of nitriles is 1. The third kappa shape index (κ3) is 3.87. The van der Waals surface area contributed by atoms with Gasteiger partial charge in [-0.25, -0.2) is 14.8 Å². The molecule has 23 heavy (non-hydrogen) atoms. The van der Waals surface area contributed by atoms with E-state index in [0.717, 1.165) is 12.8 Å². The molecule has 1 amide bonds. The highest BCUT2D eigenvalue weighted by Crippen LogP contribution is 2.20. The van der Waals surface area contributed by atoms with Crippen molar-refractivity contribution in [3.8, 4) is 11.9 Å². The molecule has 1 atom stereocenters. The normalized spacial score (nSPS) is 21.7. The number of carbonyl (C=O) groups excluding carboxylic acids is 1. The second kappa shape index (κ2) is 7.24. The van der Waals surface area contributed by atoms with Crippen LogP contribution in [0.2, 0.25) is 0 Å². The van der Waals surface area contributed by atoms with Crippen molar-refractivity contribution in [3.63, 3.8) is 0 Å². The minimum absolute atomic E-state index is 0.0681. The number of aromatic nitrogens is 2. The van der Waals surface area contributed by atoms with Crippen LogP contribution in [-0.2, 0) is 9.47 Å². The minimum Gasteiger partial charge on any atom is -0.470 e. The fraction of sp³-hybridized carbons (Fsp3) is 0.600. The van der Waals surface area contributed by atoms with E-state index in [9.17, 15) is 4.79 Å². The number of likely N-dealkylation sites (tertiary alicyclic amines) is 1. The van der Waals surface area contributed by atoms with E-state index in [0.29, 0.717) is 32.7 Å². The lowest BCUT2D eigenvalue weighted by Gasteiger charge is -2.25. The lowest BCUT2D eigenvalue weighted by Crippen LogP contribution is -2.36. The molecule has 1 aromatic rings. The molecular formula is C15H18N4O4. The predicted octanol–water partition coefficient (Wildman–Crippen LogP) is 1.12. The molecule has 2 aliphatic rings. The summed E-state index contributed by atoms with van der Waals surface area (Å²) in [6.45, 7) is 2.25. The number of rotatable bonds is 3. The van der Waals surface area contributed by atoms with Gasteiger partial charge in [-0.15, -0.1) is 0 Å². The number of carbonyl (C=O) groups is 1. The van der Waals surface area contributed by atoms with Crippen molar-refractivity contribution in [3.05, 3.63) is 18.1 Å². The third-order valence-corrected chi connectivity index (χ3v) is 3.89. The second-order valence-electron chi connectivity index (χ2n) is 5.49. The van der Waals surface area contributed by atoms with E-state index in [1.807, 2.05) is 6.07 Å². The molecule has 2 aliphatic heterocycles. The van der Waals surface area contributed by atoms with Gasteiger partial charge in [-0.2, -0.15) is 5.26 Å². The fourth-order valence-corrected chi connectivity index (χ4v) is 2.65. The van der Waals surface area contributed by atoms with Gasteiger partial charge in [0.25, 0.3) is 5.88 Å². The lowest BCUT2D eigenvalue weighted by atomic mass is 10.2. The van der Waals surface area contributed by atoms with Crippen LogP contribution in [0.1, 0.15) is 25.0 Å². The van der Waals surface area contributed by atoms with E-state index in [4.69, 9.17) is 19.5 Å². The summed E-state index contributed by atoms with van der Waals surface area (Å²) >= 11 is 0. The quantitative estimate of drug-likeness (QED) is 0.823. The maximum absolute atomic E-state index is 12.2. The van der Waals surface area contributed by atoms with Gasteiger partial charge >= 0.3 is 6.09 Å². The van der Waals surface area contributed by atoms with E-state index in [1.165, 1.54) is 12.4 Å². The molecule has 0 N–H and O–H groups in total. The van der Waals surface area contributed by atoms with Crippen molar-refractivity contribution < 1.29 is 19.0 Å². The first kappa shape index (κ1) is 15.5. The largest absolute Gasteiger partial charge is 0.470 e. The molecular weight excluding hydrogens is 300 g/mol. The van der Waals surface area contributed by atoms with Crippen LogP contribution in [0, 0.1) is 11.3 Å². The highest BCUT2D eigenvalue weighted by molar-refractivity contribution is 5.68. The molecule has 122 valence electrons. The standard InChI is InChI=1S/C15H18N4O4/c16-9-13-14(18-5-4-17-13)22-12-1-6-19(10-12)15(20)23-11-2-7-21-8-3-11/h4-5,11-12H,1-3,6-8,10H2. The Morgan fingerprint density at radius 3 is 2.83 bits per heavy atom. The monoisotopic (exact) mass is 318 g/mol. The molecule has 1 aromatic heterocycles. The van der Waals surface area contributed by atoms with Crippen LogP contribution >= 0.6 is 0 Å². The maximum atomic E-state index is 12.2. The Morgan fingerprint density at radius 2 is 2.04 bits per heavy atom. The first-order valence-electron chi connectivity index (χ1n) is 7.67. The molecule has 0 aromatic carbocycles. The van der Waals surface area contributed by atoms with E-state index in [-0.39, 0.29) is 29.9 Å². The highest BCUT2D eigenvalue weighted by atomic mass is 16.6. The van der Waals surface area contributed by atoms with E-state index in [1.54, 1.807) is 4.90 Å². The minimum atomic E-state index is -0.317. The molecule has 0 spiro atoms. The number of amides is 1. The average molecular weight is 318 g/mol. The van der Waals surface area contributed by atoms with Gasteiger partial charge in [-0.1, -0.05) is 0 Å². The van der Waals surface area contributed by atoms with Crippen LogP contribution in [-0.4, -0.2) is 59.5 Å². The van der Waals surface area contributed by atoms with Crippen molar-refractivity contribution >= 4 is 6.09 Å². The Hall–Kier alpha value is -2.40. The number of nitrogens with zero attached hydrogens (tertiary/aromatic N) is 4. The van der Waals surface area contributed by atoms with Gasteiger partial charge in [0.1, 0.15) is 18.3 Å². The molecule has 2 saturated heterocycles. The molecule has 0 bridgehead atoms. The summed E-state index contributed by atoms with van der Waals surface area (Å²) in [5.41, 5.74) is 0.149. The summed E-state index contributed by atoms with van der Waals surface area (Å²) in [6, 6.07) is 1.94. The molecule has 3 heterocycles. The molecule has 8 heteroatoms. The van der Waals surface area contributed by atoms with Gasteiger partial charge in [-0.3, -0.25) is 0 Å². The Kier molecular flexibility index (Phi) is 4.88. The van der Waals surface area contributed by atoms with Gasteiger partial charge in [-0.05, 0) is 0 Å². The zero-order valence-electron chi connectivity index (χ0n) is 12.7. The molecule has 0 saturated carbocycles. The Morgan fingerprint density at radius 1 is 1.26 bits per heavy atom. The summed E-state index contributed by atoms with van der Waals surface area (Å²) in [5.74, 6) is 0.208. The lowest BCUT2D eigenvalue weighted by molar-refractivity contribution is -0.00898. The van der Waals surface area contributed by atoms with Crippen molar-refractivity contribution in [1.29, 1.82) is 5.26 Å². The van der Waals surface area contributed by atoms with Crippen molar-refractivity contribution in [1.82, 2.24) is 14.9 Å². The third-order valence-electron chi connectivity index (χ3n) is 3.89. The zero-order chi connectivity index (χ0) is 16.1. The average Bonchev–Trinajstić information content (AvgIpc) is 3.05. The summed E-state index contributed by atoms with van der Waals surface area (Å²) < 4.78 is 16.4. The smallest absolute Gasteiger partial charge is 0.410 e. The number of ether oxygens (including phenoxy) is 3. The topological polar surface area (TPSA) is 97.6 Å². The number of hydrogen-bond acceptors (Lipinski definition) is 7. The van der Waals surface area contributed by atoms with Crippen LogP contribution in [0.25, 0.3) is 0 Å². The predicted molar refractivity (Wildman–Crippen MR) is 77.7 cm³/mol. The van der Waals surface area contributed by atoms with Crippen LogP contribution < -0.4 is 4.74 Å². The fourth-order valence-electron chi connectivity index (χ4n) is 2.65. The van der Waals surface area contributed by atoms with E-state index in [2.05, 4.69) is 9.97 Å². The molecule has 1 unspecified atom stereocenters. The van der Waals surface area contributed by atoms with E-state index < -0.39 is 0 Å². The van der Waals surface area contributed by atoms with Gasteiger partial charge in [0.05, 0.1) is 19.8 Å². The first-order valence-corrected chi connectivity index (χ1v) is 7.67. The summed E-state index contributed by atoms with van der Waals surface area (Å²) in [6.07, 6.45) is 4.48. The summed E-state index contributed by atoms with van der Waals surface area (Å²) in [7, 11) is 0. The van der Waals surface area contributed by atoms with Crippen LogP contribution in [0.5, 0.6) is 5.88 Å². The van der Waals surface area contributed by atoms with E-state index >= 15 is 0 Å². The molecule has 0 aliphatic carbocycles. The van der Waals surface area contributed by atoms with Crippen molar-refractivity contribution in [2.45, 2.75) is 31.5 Å². The molecule has 3 rings (SSSR count). The Balaban J connectivity index is 1.52. The Bertz CT molecular complexity index is 597. The van der Waals surface area contributed by atoms with Gasteiger partial charge < -0.3 is 19.1 Å². The van der Waals surface area contributed by atoms with Gasteiger partial charge in [0.15, 0.2) is 0 Å². The summed E-state index contributed by atoms with van der Waals surface area (Å²) in [4.78, 5) is 21.7. The molecule has 2 fully saturated rings. The first-order chi connectivity index (χ1) is 11.3. The zero-order valence-corrected chi connectivity index (χ0v) is 12.7. The summed E-state index contributed by atoms with van der Waals surface area (Å²) in [5, 5.41) is 8.99. The second-order valence-corrected chi connectivity index (χ2v) is 5.49. The van der Waals surface area contributed by atoms with Gasteiger partial charge in [0.2, 0.25) is 5.69 Å².